The number of carboxylic acid groups (broad SMARTS) is 1. The molecule has 19 heavy (non-hydrogen) atoms. The van der Waals surface area contributed by atoms with Gasteiger partial charge in [-0.2, -0.15) is 0 Å². The Morgan fingerprint density at radius 2 is 2.32 bits per heavy atom. The Morgan fingerprint density at radius 3 is 3.00 bits per heavy atom. The lowest BCUT2D eigenvalue weighted by Gasteiger charge is -2.32. The van der Waals surface area contributed by atoms with Crippen LogP contribution < -0.4 is 10.2 Å². The number of hydrogen-bond acceptors (Lipinski definition) is 4. The third-order valence-corrected chi connectivity index (χ3v) is 3.71. The van der Waals surface area contributed by atoms with E-state index in [1.807, 2.05) is 4.90 Å². The average Bonchev–Trinajstić information content (AvgIpc) is 2.83. The van der Waals surface area contributed by atoms with Crippen LogP contribution in [-0.2, 0) is 9.53 Å². The molecule has 1 aromatic rings. The van der Waals surface area contributed by atoms with Crippen molar-refractivity contribution in [3.63, 3.8) is 0 Å². The first-order valence-corrected chi connectivity index (χ1v) is 6.08. The van der Waals surface area contributed by atoms with Crippen molar-refractivity contribution in [3.8, 4) is 0 Å². The molecule has 0 aliphatic carbocycles. The molecule has 2 unspecified atom stereocenters. The normalized spacial score (nSPS) is 24.7. The fraction of sp³-hybridized carbons (Fsp3) is 0.385. The van der Waals surface area contributed by atoms with Crippen LogP contribution in [-0.4, -0.2) is 42.8 Å². The Hall–Kier alpha value is -2.08. The zero-order valence-electron chi connectivity index (χ0n) is 10.4. The zero-order valence-corrected chi connectivity index (χ0v) is 10.4. The van der Waals surface area contributed by atoms with Crippen molar-refractivity contribution in [2.45, 2.75) is 18.6 Å². The molecule has 1 amide bonds. The van der Waals surface area contributed by atoms with Crippen molar-refractivity contribution < 1.29 is 19.4 Å². The van der Waals surface area contributed by atoms with Gasteiger partial charge in [-0.1, -0.05) is 0 Å². The third kappa shape index (κ3) is 1.84. The summed E-state index contributed by atoms with van der Waals surface area (Å²) in [5.41, 5.74) is 1.58. The molecule has 0 radical (unpaired) electrons. The van der Waals surface area contributed by atoms with Gasteiger partial charge in [0, 0.05) is 20.1 Å². The highest BCUT2D eigenvalue weighted by molar-refractivity contribution is 6.05. The molecule has 6 nitrogen and oxygen atoms in total. The van der Waals surface area contributed by atoms with Crippen molar-refractivity contribution >= 4 is 23.3 Å². The number of methoxy groups -OCH3 is 1. The van der Waals surface area contributed by atoms with Gasteiger partial charge in [0.15, 0.2) is 0 Å². The highest BCUT2D eigenvalue weighted by Gasteiger charge is 2.41. The predicted octanol–water partition coefficient (Wildman–Crippen LogP) is 0.931. The summed E-state index contributed by atoms with van der Waals surface area (Å²) in [6.07, 6.45) is 0.684. The van der Waals surface area contributed by atoms with E-state index in [9.17, 15) is 9.59 Å². The minimum absolute atomic E-state index is 0.0286. The predicted molar refractivity (Wildman–Crippen MR) is 68.6 cm³/mol. The molecule has 2 aliphatic rings. The summed E-state index contributed by atoms with van der Waals surface area (Å²) in [5.74, 6) is -1.11. The number of hydrogen-bond donors (Lipinski definition) is 2. The maximum absolute atomic E-state index is 12.0. The molecule has 0 saturated carbocycles. The molecule has 0 bridgehead atoms. The first-order chi connectivity index (χ1) is 9.10. The summed E-state index contributed by atoms with van der Waals surface area (Å²) in [6, 6.07) is 4.55. The Morgan fingerprint density at radius 1 is 1.53 bits per heavy atom. The number of amides is 1. The molecule has 2 atom stereocenters. The fourth-order valence-corrected chi connectivity index (χ4v) is 2.72. The van der Waals surface area contributed by atoms with E-state index in [0.717, 1.165) is 5.69 Å². The SMILES string of the molecule is COC1CC2C(=O)Nc3cc(C(=O)O)ccc3N2C1. The minimum Gasteiger partial charge on any atom is -0.478 e. The van der Waals surface area contributed by atoms with E-state index in [-0.39, 0.29) is 23.6 Å². The summed E-state index contributed by atoms with van der Waals surface area (Å²) in [7, 11) is 1.63. The molecule has 2 N–H and O–H groups in total. The Balaban J connectivity index is 2.00. The number of carbonyl (C=O) groups is 2. The number of rotatable bonds is 2. The van der Waals surface area contributed by atoms with Crippen molar-refractivity contribution in [2.24, 2.45) is 0 Å². The molecule has 3 rings (SSSR count). The first-order valence-electron chi connectivity index (χ1n) is 6.08. The molecule has 2 heterocycles. The van der Waals surface area contributed by atoms with E-state index in [4.69, 9.17) is 9.84 Å². The molecule has 1 saturated heterocycles. The Bertz CT molecular complexity index is 558. The summed E-state index contributed by atoms with van der Waals surface area (Å²) in [6.45, 7) is 0.647. The van der Waals surface area contributed by atoms with E-state index in [2.05, 4.69) is 5.32 Å². The molecule has 1 fully saturated rings. The number of nitrogens with one attached hydrogen (secondary N) is 1. The lowest BCUT2D eigenvalue weighted by molar-refractivity contribution is -0.117. The van der Waals surface area contributed by atoms with Gasteiger partial charge in [0.2, 0.25) is 5.91 Å². The van der Waals surface area contributed by atoms with Crippen LogP contribution in [0.5, 0.6) is 0 Å². The number of carboxylic acids is 1. The highest BCUT2D eigenvalue weighted by Crippen LogP contribution is 2.37. The smallest absolute Gasteiger partial charge is 0.335 e. The molecule has 0 spiro atoms. The number of nitrogens with zero attached hydrogens (tertiary/aromatic N) is 1. The summed E-state index contributed by atoms with van der Waals surface area (Å²) in [5, 5.41) is 11.7. The van der Waals surface area contributed by atoms with Crippen molar-refractivity contribution in [3.05, 3.63) is 23.8 Å². The number of anilines is 2. The number of carbonyl (C=O) groups excluding carboxylic acids is 1. The number of benzene rings is 1. The van der Waals surface area contributed by atoms with Crippen LogP contribution in [0.3, 0.4) is 0 Å². The minimum atomic E-state index is -1.00. The van der Waals surface area contributed by atoms with E-state index in [1.165, 1.54) is 6.07 Å². The number of aromatic carboxylic acids is 1. The van der Waals surface area contributed by atoms with Gasteiger partial charge in [-0.05, 0) is 18.2 Å². The second-order valence-electron chi connectivity index (χ2n) is 4.79. The topological polar surface area (TPSA) is 78.9 Å². The summed E-state index contributed by atoms with van der Waals surface area (Å²) in [4.78, 5) is 25.0. The van der Waals surface area contributed by atoms with E-state index in [1.54, 1.807) is 19.2 Å². The highest BCUT2D eigenvalue weighted by atomic mass is 16.5. The molecule has 0 aromatic heterocycles. The lowest BCUT2D eigenvalue weighted by Crippen LogP contribution is -2.44. The van der Waals surface area contributed by atoms with Crippen molar-refractivity contribution in [1.82, 2.24) is 0 Å². The number of ether oxygens (including phenoxy) is 1. The van der Waals surface area contributed by atoms with Gasteiger partial charge in [0.05, 0.1) is 23.0 Å². The zero-order chi connectivity index (χ0) is 13.6. The van der Waals surface area contributed by atoms with Crippen LogP contribution in [0.1, 0.15) is 16.8 Å². The summed E-state index contributed by atoms with van der Waals surface area (Å²) >= 11 is 0. The largest absolute Gasteiger partial charge is 0.478 e. The average molecular weight is 262 g/mol. The molecule has 6 heteroatoms. The van der Waals surface area contributed by atoms with Crippen LogP contribution in [0.15, 0.2) is 18.2 Å². The number of fused-ring (bicyclic) bond motifs is 3. The molecular weight excluding hydrogens is 248 g/mol. The van der Waals surface area contributed by atoms with Crippen molar-refractivity contribution in [2.75, 3.05) is 23.9 Å². The van der Waals surface area contributed by atoms with Crippen LogP contribution >= 0.6 is 0 Å². The van der Waals surface area contributed by atoms with Crippen LogP contribution in [0.25, 0.3) is 0 Å². The quantitative estimate of drug-likeness (QED) is 0.829. The van der Waals surface area contributed by atoms with Crippen LogP contribution in [0, 0.1) is 0 Å². The second kappa shape index (κ2) is 4.24. The Labute approximate surface area is 110 Å². The fourth-order valence-electron chi connectivity index (χ4n) is 2.72. The molecule has 1 aromatic carbocycles. The Kier molecular flexibility index (Phi) is 2.67. The maximum Gasteiger partial charge on any atom is 0.335 e. The third-order valence-electron chi connectivity index (χ3n) is 3.71. The van der Waals surface area contributed by atoms with E-state index >= 15 is 0 Å². The van der Waals surface area contributed by atoms with Gasteiger partial charge >= 0.3 is 5.97 Å². The molecule has 2 aliphatic heterocycles. The van der Waals surface area contributed by atoms with Crippen LogP contribution in [0.2, 0.25) is 0 Å². The van der Waals surface area contributed by atoms with Gasteiger partial charge in [-0.25, -0.2) is 4.79 Å². The van der Waals surface area contributed by atoms with Gasteiger partial charge in [0.1, 0.15) is 6.04 Å². The summed E-state index contributed by atoms with van der Waals surface area (Å²) < 4.78 is 5.31. The lowest BCUT2D eigenvalue weighted by atomic mass is 10.1. The van der Waals surface area contributed by atoms with Gasteiger partial charge in [-0.3, -0.25) is 4.79 Å². The van der Waals surface area contributed by atoms with E-state index < -0.39 is 5.97 Å². The first kappa shape index (κ1) is 12.0. The monoisotopic (exact) mass is 262 g/mol. The van der Waals surface area contributed by atoms with Gasteiger partial charge < -0.3 is 20.1 Å². The van der Waals surface area contributed by atoms with Crippen molar-refractivity contribution in [1.29, 1.82) is 0 Å². The van der Waals surface area contributed by atoms with E-state index in [0.29, 0.717) is 18.7 Å². The second-order valence-corrected chi connectivity index (χ2v) is 4.79. The van der Waals surface area contributed by atoms with Crippen LogP contribution in [0.4, 0.5) is 11.4 Å². The molecular formula is C13H14N2O4. The van der Waals surface area contributed by atoms with Gasteiger partial charge in [-0.15, -0.1) is 0 Å². The standard InChI is InChI=1S/C13H14N2O4/c1-19-8-5-11-12(16)14-9-4-7(13(17)18)2-3-10(9)15(11)6-8/h2-4,8,11H,5-6H2,1H3,(H,14,16)(H,17,18). The maximum atomic E-state index is 12.0. The molecule has 100 valence electrons. The van der Waals surface area contributed by atoms with Gasteiger partial charge in [0.25, 0.3) is 0 Å².